The Bertz CT molecular complexity index is 802. The van der Waals surface area contributed by atoms with Gasteiger partial charge in [0.25, 0.3) is 21.8 Å². The number of hydrogen-bond acceptors (Lipinski definition) is 5. The molecule has 24 heavy (non-hydrogen) atoms. The molecule has 9 heteroatoms. The molecule has 1 heterocycles. The second kappa shape index (κ2) is 6.60. The summed E-state index contributed by atoms with van der Waals surface area (Å²) in [5, 5.41) is 8.90. The largest absolute Gasteiger partial charge is 0.480 e. The molecule has 1 N–H and O–H groups in total. The molecule has 0 atom stereocenters. The maximum atomic E-state index is 12.5. The molecule has 0 radical (unpaired) electrons. The van der Waals surface area contributed by atoms with Crippen molar-refractivity contribution in [2.45, 2.75) is 25.2 Å². The lowest BCUT2D eigenvalue weighted by Crippen LogP contribution is -2.36. The number of carbonyl (C=O) groups is 3. The van der Waals surface area contributed by atoms with Crippen LogP contribution in [0.4, 0.5) is 0 Å². The molecule has 0 saturated heterocycles. The highest BCUT2D eigenvalue weighted by atomic mass is 32.2. The Morgan fingerprint density at radius 2 is 1.92 bits per heavy atom. The van der Waals surface area contributed by atoms with Crippen LogP contribution >= 0.6 is 0 Å². The van der Waals surface area contributed by atoms with Crippen molar-refractivity contribution in [3.8, 4) is 0 Å². The lowest BCUT2D eigenvalue weighted by Gasteiger charge is -2.20. The minimum absolute atomic E-state index is 0.0000996. The number of nitrogens with zero attached hydrogens (tertiary/aromatic N) is 2. The quantitative estimate of drug-likeness (QED) is 0.808. The first-order valence-electron chi connectivity index (χ1n) is 7.46. The highest BCUT2D eigenvalue weighted by molar-refractivity contribution is 7.90. The van der Waals surface area contributed by atoms with E-state index in [1.54, 1.807) is 13.8 Å². The highest BCUT2D eigenvalue weighted by Gasteiger charge is 2.40. The third-order valence-corrected chi connectivity index (χ3v) is 5.55. The van der Waals surface area contributed by atoms with Crippen molar-refractivity contribution >= 4 is 27.8 Å². The van der Waals surface area contributed by atoms with Crippen molar-refractivity contribution in [1.82, 2.24) is 9.21 Å². The summed E-state index contributed by atoms with van der Waals surface area (Å²) in [6.07, 6.45) is 0.560. The molecular formula is C15H18N2O6S. The average molecular weight is 354 g/mol. The van der Waals surface area contributed by atoms with Crippen LogP contribution in [0, 0.1) is 0 Å². The molecule has 1 aliphatic rings. The number of fused-ring (bicyclic) bond motifs is 1. The number of benzene rings is 1. The predicted octanol–water partition coefficient (Wildman–Crippen LogP) is 0.788. The van der Waals surface area contributed by atoms with Crippen molar-refractivity contribution < 1.29 is 27.9 Å². The Morgan fingerprint density at radius 1 is 1.25 bits per heavy atom. The van der Waals surface area contributed by atoms with E-state index >= 15 is 0 Å². The van der Waals surface area contributed by atoms with Crippen LogP contribution in [0.2, 0.25) is 0 Å². The topological polar surface area (TPSA) is 112 Å². The van der Waals surface area contributed by atoms with Crippen LogP contribution in [0.5, 0.6) is 0 Å². The second-order valence-electron chi connectivity index (χ2n) is 5.31. The fraction of sp³-hybridized carbons (Fsp3) is 0.400. The van der Waals surface area contributed by atoms with Gasteiger partial charge in [-0.2, -0.15) is 0 Å². The number of carbonyl (C=O) groups excluding carboxylic acids is 2. The lowest BCUT2D eigenvalue weighted by atomic mass is 10.1. The summed E-state index contributed by atoms with van der Waals surface area (Å²) >= 11 is 0. The van der Waals surface area contributed by atoms with Crippen LogP contribution < -0.4 is 0 Å². The van der Waals surface area contributed by atoms with E-state index in [1.807, 2.05) is 0 Å². The number of sulfonamides is 1. The Kier molecular flexibility index (Phi) is 4.93. The first kappa shape index (κ1) is 17.9. The SMILES string of the molecule is CCCN(CC(=O)O)C(=O)c1ccc2c(c1)S(=O)(=O)N(CC)C2=O. The molecule has 0 fully saturated rings. The predicted molar refractivity (Wildman–Crippen MR) is 84.2 cm³/mol. The van der Waals surface area contributed by atoms with Crippen molar-refractivity contribution in [3.63, 3.8) is 0 Å². The molecule has 0 bridgehead atoms. The molecule has 130 valence electrons. The van der Waals surface area contributed by atoms with Gasteiger partial charge in [0.2, 0.25) is 0 Å². The third-order valence-electron chi connectivity index (χ3n) is 3.65. The van der Waals surface area contributed by atoms with Gasteiger partial charge in [0.15, 0.2) is 0 Å². The molecule has 1 aromatic rings. The molecule has 1 aliphatic heterocycles. The van der Waals surface area contributed by atoms with E-state index in [0.29, 0.717) is 6.42 Å². The van der Waals surface area contributed by atoms with E-state index in [1.165, 1.54) is 12.1 Å². The summed E-state index contributed by atoms with van der Waals surface area (Å²) in [5.74, 6) is -2.36. The summed E-state index contributed by atoms with van der Waals surface area (Å²) in [7, 11) is -3.97. The molecule has 0 saturated carbocycles. The first-order chi connectivity index (χ1) is 11.2. The van der Waals surface area contributed by atoms with Crippen LogP contribution in [0.3, 0.4) is 0 Å². The molecule has 0 spiro atoms. The van der Waals surface area contributed by atoms with Crippen molar-refractivity contribution in [2.24, 2.45) is 0 Å². The number of hydrogen-bond donors (Lipinski definition) is 1. The number of aliphatic carboxylic acids is 1. The van der Waals surface area contributed by atoms with Crippen LogP contribution in [-0.4, -0.2) is 60.1 Å². The normalized spacial score (nSPS) is 15.2. The van der Waals surface area contributed by atoms with E-state index < -0.39 is 34.4 Å². The fourth-order valence-electron chi connectivity index (χ4n) is 2.59. The third kappa shape index (κ3) is 2.99. The zero-order chi connectivity index (χ0) is 18.1. The van der Waals surface area contributed by atoms with Crippen LogP contribution in [0.1, 0.15) is 41.0 Å². The lowest BCUT2D eigenvalue weighted by molar-refractivity contribution is -0.137. The van der Waals surface area contributed by atoms with Gasteiger partial charge in [-0.3, -0.25) is 14.4 Å². The summed E-state index contributed by atoms with van der Waals surface area (Å²) < 4.78 is 25.5. The van der Waals surface area contributed by atoms with Gasteiger partial charge in [0.1, 0.15) is 11.4 Å². The Hall–Kier alpha value is -2.42. The standard InChI is InChI=1S/C15H18N2O6S/c1-3-7-16(9-13(18)19)14(20)10-5-6-11-12(8-10)24(22,23)17(4-2)15(11)21/h5-6,8H,3-4,7,9H2,1-2H3,(H,18,19). The molecule has 0 unspecified atom stereocenters. The number of rotatable bonds is 6. The van der Waals surface area contributed by atoms with Crippen molar-refractivity contribution in [3.05, 3.63) is 29.3 Å². The number of amides is 2. The van der Waals surface area contributed by atoms with Crippen LogP contribution in [0.25, 0.3) is 0 Å². The van der Waals surface area contributed by atoms with Crippen molar-refractivity contribution in [1.29, 1.82) is 0 Å². The Morgan fingerprint density at radius 3 is 2.46 bits per heavy atom. The van der Waals surface area contributed by atoms with Gasteiger partial charge in [-0.05, 0) is 31.5 Å². The first-order valence-corrected chi connectivity index (χ1v) is 8.90. The van der Waals surface area contributed by atoms with Gasteiger partial charge in [0.05, 0.1) is 5.56 Å². The number of carboxylic acids is 1. The maximum absolute atomic E-state index is 12.5. The maximum Gasteiger partial charge on any atom is 0.323 e. The van der Waals surface area contributed by atoms with Gasteiger partial charge >= 0.3 is 5.97 Å². The zero-order valence-corrected chi connectivity index (χ0v) is 14.2. The summed E-state index contributed by atoms with van der Waals surface area (Å²) in [5.41, 5.74) is 0.0615. The van der Waals surface area contributed by atoms with Gasteiger partial charge in [0, 0.05) is 18.7 Å². The Balaban J connectivity index is 2.44. The minimum atomic E-state index is -3.97. The van der Waals surface area contributed by atoms with Gasteiger partial charge in [-0.25, -0.2) is 12.7 Å². The summed E-state index contributed by atoms with van der Waals surface area (Å²) in [6, 6.07) is 3.78. The molecule has 8 nitrogen and oxygen atoms in total. The van der Waals surface area contributed by atoms with Gasteiger partial charge in [-0.1, -0.05) is 6.92 Å². The smallest absolute Gasteiger partial charge is 0.323 e. The summed E-state index contributed by atoms with van der Waals surface area (Å²) in [4.78, 5) is 36.4. The fourth-order valence-corrected chi connectivity index (χ4v) is 4.19. The zero-order valence-electron chi connectivity index (χ0n) is 13.4. The summed E-state index contributed by atoms with van der Waals surface area (Å²) in [6.45, 7) is 3.10. The molecule has 2 amide bonds. The molecular weight excluding hydrogens is 336 g/mol. The molecule has 0 aromatic heterocycles. The van der Waals surface area contributed by atoms with E-state index in [-0.39, 0.29) is 29.1 Å². The minimum Gasteiger partial charge on any atom is -0.480 e. The van der Waals surface area contributed by atoms with Gasteiger partial charge in [-0.15, -0.1) is 0 Å². The van der Waals surface area contributed by atoms with Crippen LogP contribution in [0.15, 0.2) is 23.1 Å². The van der Waals surface area contributed by atoms with E-state index in [9.17, 15) is 22.8 Å². The van der Waals surface area contributed by atoms with Gasteiger partial charge < -0.3 is 10.0 Å². The second-order valence-corrected chi connectivity index (χ2v) is 7.14. The molecule has 0 aliphatic carbocycles. The molecule has 2 rings (SSSR count). The van der Waals surface area contributed by atoms with E-state index in [4.69, 9.17) is 5.11 Å². The molecule has 1 aromatic carbocycles. The monoisotopic (exact) mass is 354 g/mol. The van der Waals surface area contributed by atoms with Crippen LogP contribution in [-0.2, 0) is 14.8 Å². The van der Waals surface area contributed by atoms with E-state index in [0.717, 1.165) is 15.3 Å². The average Bonchev–Trinajstić information content (AvgIpc) is 2.71. The van der Waals surface area contributed by atoms with Crippen molar-refractivity contribution in [2.75, 3.05) is 19.6 Å². The highest BCUT2D eigenvalue weighted by Crippen LogP contribution is 2.31. The van der Waals surface area contributed by atoms with E-state index in [2.05, 4.69) is 0 Å². The Labute approximate surface area is 139 Å². The number of carboxylic acid groups (broad SMARTS) is 1.